The average Bonchev–Trinajstić information content (AvgIpc) is 3.60. The van der Waals surface area contributed by atoms with Crippen LogP contribution in [-0.2, 0) is 46.9 Å². The first-order valence-electron chi connectivity index (χ1n) is 25.1. The Morgan fingerprint density at radius 1 is 0.875 bits per heavy atom. The maximum atomic E-state index is 14.7. The summed E-state index contributed by atoms with van der Waals surface area (Å²) in [6.45, 7) is 23.9. The lowest BCUT2D eigenvalue weighted by atomic mass is 9.72. The molecule has 0 aromatic carbocycles. The van der Waals surface area contributed by atoms with E-state index in [9.17, 15) is 29.5 Å². The van der Waals surface area contributed by atoms with E-state index < -0.39 is 60.5 Å². The first-order valence-corrected chi connectivity index (χ1v) is 27.1. The van der Waals surface area contributed by atoms with E-state index in [1.165, 1.54) is 6.66 Å². The lowest BCUT2D eigenvalue weighted by Crippen LogP contribution is -2.63. The van der Waals surface area contributed by atoms with Crippen LogP contribution in [0.4, 0.5) is 0 Å². The van der Waals surface area contributed by atoms with Crippen molar-refractivity contribution in [2.24, 2.45) is 41.4 Å². The van der Waals surface area contributed by atoms with Crippen molar-refractivity contribution in [1.29, 1.82) is 0 Å². The third-order valence-corrected chi connectivity index (χ3v) is 17.7. The Hall–Kier alpha value is -1.09. The van der Waals surface area contributed by atoms with Crippen LogP contribution in [0.2, 0.25) is 0 Å². The topological polar surface area (TPSA) is 177 Å². The van der Waals surface area contributed by atoms with E-state index in [1.54, 1.807) is 13.0 Å². The van der Waals surface area contributed by atoms with Gasteiger partial charge in [-0.15, -0.1) is 0 Å². The third kappa shape index (κ3) is 11.7. The normalized spacial score (nSPS) is 41.3. The van der Waals surface area contributed by atoms with Gasteiger partial charge in [0.15, 0.2) is 5.79 Å². The molecule has 5 heterocycles. The highest BCUT2D eigenvalue weighted by Crippen LogP contribution is 2.54. The van der Waals surface area contributed by atoms with Gasteiger partial charge in [-0.05, 0) is 115 Å². The van der Waals surface area contributed by atoms with Crippen molar-refractivity contribution in [3.8, 4) is 0 Å². The molecule has 5 rings (SSSR count). The Morgan fingerprint density at radius 2 is 1.58 bits per heavy atom. The summed E-state index contributed by atoms with van der Waals surface area (Å²) in [6.07, 6.45) is 8.72. The van der Waals surface area contributed by atoms with E-state index >= 15 is 0 Å². The van der Waals surface area contributed by atoms with Crippen LogP contribution >= 0.6 is 7.60 Å². The fourth-order valence-electron chi connectivity index (χ4n) is 11.9. The molecule has 4 saturated heterocycles. The minimum atomic E-state index is -3.03. The molecule has 0 aromatic rings. The van der Waals surface area contributed by atoms with Crippen molar-refractivity contribution in [2.45, 2.75) is 232 Å². The monoisotopic (exact) mass is 927 g/mol. The Bertz CT molecular complexity index is 1630. The second kappa shape index (κ2) is 22.1. The zero-order valence-electron chi connectivity index (χ0n) is 41.4. The molecule has 1 unspecified atom stereocenters. The van der Waals surface area contributed by atoms with E-state index in [0.717, 1.165) is 19.3 Å². The Labute approximate surface area is 385 Å². The predicted octanol–water partition coefficient (Wildman–Crippen LogP) is 9.11. The Balaban J connectivity index is 1.21. The molecular formula is C50H87O13P. The maximum Gasteiger partial charge on any atom is 0.327 e. The van der Waals surface area contributed by atoms with Crippen molar-refractivity contribution in [2.75, 3.05) is 19.9 Å². The van der Waals surface area contributed by atoms with E-state index in [0.29, 0.717) is 83.8 Å². The van der Waals surface area contributed by atoms with Gasteiger partial charge in [-0.2, -0.15) is 0 Å². The minimum Gasteiger partial charge on any atom is -0.392 e. The van der Waals surface area contributed by atoms with Crippen LogP contribution in [0.25, 0.3) is 0 Å². The summed E-state index contributed by atoms with van der Waals surface area (Å²) in [5, 5.41) is 34.6. The zero-order valence-corrected chi connectivity index (χ0v) is 42.3. The second-order valence-electron chi connectivity index (χ2n) is 20.9. The summed E-state index contributed by atoms with van der Waals surface area (Å²) >= 11 is 0. The number of ketones is 2. The van der Waals surface area contributed by atoms with Gasteiger partial charge in [0.1, 0.15) is 17.7 Å². The standard InChI is InChI=1S/C50H87O13P/c1-13-37(39(51)20-18-17-19-29-58-64(12,56)57-16-4)40-22-21-31(5)45(60-40)35(9)43(53)34(8)44(54)38(14-2)46-32(6)30-33(7)49(61-46)26-23-41(52)50(63-49)28-27-47(11,62-50)42-24-25-48(55,15-3)36(10)59-42/h23,26,31-38,40-43,45-46,52-53,55H,13-22,24-25,27-30H2,1-12H3/t31-,32-,33+,34-,35-,36-,37+,38-,40+,41+,42+,43+,45+,46-,47-,48+,49-,50-,64?/m0/s1. The van der Waals surface area contributed by atoms with Gasteiger partial charge in [0.2, 0.25) is 5.79 Å². The van der Waals surface area contributed by atoms with Crippen LogP contribution in [-0.4, -0.2) is 112 Å². The number of ether oxygens (including phenoxy) is 5. The van der Waals surface area contributed by atoms with Crippen LogP contribution in [0.1, 0.15) is 166 Å². The van der Waals surface area contributed by atoms with E-state index in [1.807, 2.05) is 54.5 Å². The number of rotatable bonds is 21. The highest BCUT2D eigenvalue weighted by Gasteiger charge is 2.63. The van der Waals surface area contributed by atoms with Crippen LogP contribution < -0.4 is 0 Å². The molecule has 0 aromatic heterocycles. The molecule has 370 valence electrons. The number of hydrogen-bond donors (Lipinski definition) is 3. The van der Waals surface area contributed by atoms with Crippen molar-refractivity contribution in [3.63, 3.8) is 0 Å². The maximum absolute atomic E-state index is 14.7. The molecule has 64 heavy (non-hydrogen) atoms. The summed E-state index contributed by atoms with van der Waals surface area (Å²) in [5.41, 5.74) is -1.64. The number of carbonyl (C=O) groups is 2. The highest BCUT2D eigenvalue weighted by atomic mass is 31.2. The molecule has 0 amide bonds. The lowest BCUT2D eigenvalue weighted by Gasteiger charge is -2.54. The Kier molecular flexibility index (Phi) is 18.6. The van der Waals surface area contributed by atoms with E-state index in [2.05, 4.69) is 20.8 Å². The fourth-order valence-corrected chi connectivity index (χ4v) is 12.9. The average molecular weight is 927 g/mol. The van der Waals surface area contributed by atoms with Gasteiger partial charge in [0.25, 0.3) is 0 Å². The van der Waals surface area contributed by atoms with Crippen LogP contribution in [0, 0.1) is 41.4 Å². The van der Waals surface area contributed by atoms with Crippen molar-refractivity contribution >= 4 is 19.2 Å². The Morgan fingerprint density at radius 3 is 2.22 bits per heavy atom. The van der Waals surface area contributed by atoms with Gasteiger partial charge >= 0.3 is 7.60 Å². The number of aliphatic hydroxyl groups excluding tert-OH is 2. The molecule has 0 bridgehead atoms. The first kappa shape index (κ1) is 53.9. The highest BCUT2D eigenvalue weighted by molar-refractivity contribution is 7.52. The number of carbonyl (C=O) groups excluding carboxylic acids is 2. The van der Waals surface area contributed by atoms with Crippen LogP contribution in [0.3, 0.4) is 0 Å². The number of aliphatic hydroxyl groups is 3. The molecule has 19 atom stereocenters. The van der Waals surface area contributed by atoms with Crippen LogP contribution in [0.5, 0.6) is 0 Å². The van der Waals surface area contributed by atoms with Crippen molar-refractivity contribution in [3.05, 3.63) is 12.2 Å². The molecule has 2 spiro atoms. The van der Waals surface area contributed by atoms with Gasteiger partial charge in [-0.1, -0.05) is 61.8 Å². The molecule has 0 saturated carbocycles. The SMILES string of the molecule is CCOP(C)(=O)OCCCCCC(=O)[C@@H](CC)[C@H]1CC[C@H](C)[C@H]([C@@H](C)[C@H](O)[C@H](C)C(=O)[C@H](CC)[C@H]2O[C@]3(C=C[C@@H](O)[C@]4(CC[C@@](C)([C@H]5CC[C@](O)(CC)[C@H](C)O5)O4)O3)[C@H](C)C[C@@H]2C)O1. The smallest absolute Gasteiger partial charge is 0.327 e. The summed E-state index contributed by atoms with van der Waals surface area (Å²) in [6, 6.07) is 0. The van der Waals surface area contributed by atoms with Crippen LogP contribution in [0.15, 0.2) is 12.2 Å². The summed E-state index contributed by atoms with van der Waals surface area (Å²) in [5.74, 6) is -4.33. The van der Waals surface area contributed by atoms with E-state index in [-0.39, 0.29) is 65.6 Å². The summed E-state index contributed by atoms with van der Waals surface area (Å²) in [7, 11) is -3.03. The lowest BCUT2D eigenvalue weighted by molar-refractivity contribution is -0.409. The fraction of sp³-hybridized carbons (Fsp3) is 0.920. The number of Topliss-reactive ketones (excluding diaryl/α,β-unsaturated/α-hetero) is 2. The molecule has 5 aliphatic rings. The molecule has 13 nitrogen and oxygen atoms in total. The largest absolute Gasteiger partial charge is 0.392 e. The molecule has 5 aliphatic heterocycles. The molecule has 4 fully saturated rings. The second-order valence-corrected chi connectivity index (χ2v) is 22.9. The van der Waals surface area contributed by atoms with Crippen molar-refractivity contribution < 1.29 is 62.2 Å². The van der Waals surface area contributed by atoms with Gasteiger partial charge in [-0.3, -0.25) is 14.2 Å². The number of hydrogen-bond acceptors (Lipinski definition) is 13. The zero-order chi connectivity index (χ0) is 47.4. The molecule has 3 N–H and O–H groups in total. The predicted molar refractivity (Wildman–Crippen MR) is 246 cm³/mol. The molecule has 0 radical (unpaired) electrons. The van der Waals surface area contributed by atoms with Gasteiger partial charge < -0.3 is 48.1 Å². The molecule has 14 heteroatoms. The quantitative estimate of drug-likeness (QED) is 0.0565. The number of unbranched alkanes of at least 4 members (excludes halogenated alkanes) is 2. The molecule has 0 aliphatic carbocycles. The van der Waals surface area contributed by atoms with Crippen molar-refractivity contribution in [1.82, 2.24) is 0 Å². The molecular weight excluding hydrogens is 840 g/mol. The van der Waals surface area contributed by atoms with Gasteiger partial charge in [-0.25, -0.2) is 0 Å². The summed E-state index contributed by atoms with van der Waals surface area (Å²) < 4.78 is 56.8. The minimum absolute atomic E-state index is 0.00923. The van der Waals surface area contributed by atoms with Gasteiger partial charge in [0.05, 0.1) is 61.0 Å². The van der Waals surface area contributed by atoms with E-state index in [4.69, 9.17) is 32.7 Å². The summed E-state index contributed by atoms with van der Waals surface area (Å²) in [4.78, 5) is 28.2. The third-order valence-electron chi connectivity index (χ3n) is 16.3. The first-order chi connectivity index (χ1) is 30.0. The van der Waals surface area contributed by atoms with Gasteiger partial charge in [0, 0.05) is 49.1 Å².